The highest BCUT2D eigenvalue weighted by molar-refractivity contribution is 7.98. The molecular weight excluding hydrogens is 344 g/mol. The molecule has 1 heterocycles. The van der Waals surface area contributed by atoms with Crippen LogP contribution in [0.15, 0.2) is 53.4 Å². The maximum Gasteiger partial charge on any atom is 0.409 e. The number of nitrogens with zero attached hydrogens (tertiary/aromatic N) is 2. The maximum atomic E-state index is 11.9. The van der Waals surface area contributed by atoms with Crippen molar-refractivity contribution in [2.45, 2.75) is 43.5 Å². The first-order valence-electron chi connectivity index (χ1n) is 8.51. The molecule has 2 aromatic carbocycles. The summed E-state index contributed by atoms with van der Waals surface area (Å²) in [6.45, 7) is 5.99. The Balaban J connectivity index is 1.95. The highest BCUT2D eigenvalue weighted by Crippen LogP contribution is 2.50. The fourth-order valence-electron chi connectivity index (χ4n) is 3.63. The minimum atomic E-state index is -1.17. The molecule has 2 aromatic rings. The van der Waals surface area contributed by atoms with Crippen molar-refractivity contribution in [3.05, 3.63) is 65.2 Å². The first-order valence-corrected chi connectivity index (χ1v) is 9.50. The van der Waals surface area contributed by atoms with E-state index in [4.69, 9.17) is 0 Å². The first kappa shape index (κ1) is 18.3. The van der Waals surface area contributed by atoms with E-state index in [1.807, 2.05) is 57.2 Å². The van der Waals surface area contributed by atoms with Crippen LogP contribution in [0.2, 0.25) is 0 Å². The summed E-state index contributed by atoms with van der Waals surface area (Å²) >= 11 is 1.72. The predicted molar refractivity (Wildman–Crippen MR) is 103 cm³/mol. The van der Waals surface area contributed by atoms with E-state index in [0.29, 0.717) is 0 Å². The molecule has 5 heteroatoms. The lowest BCUT2D eigenvalue weighted by molar-refractivity contribution is 0.0478. The lowest BCUT2D eigenvalue weighted by Crippen LogP contribution is -2.51. The number of carboxylic acid groups (broad SMARTS) is 1. The second-order valence-electron chi connectivity index (χ2n) is 7.53. The second-order valence-corrected chi connectivity index (χ2v) is 8.58. The Hall–Kier alpha value is -2.45. The summed E-state index contributed by atoms with van der Waals surface area (Å²) in [5.74, 6) is 0.852. The van der Waals surface area contributed by atoms with Gasteiger partial charge in [0.1, 0.15) is 0 Å². The Bertz CT molecular complexity index is 868. The molecular formula is C21H22N2O2S. The van der Waals surface area contributed by atoms with E-state index in [9.17, 15) is 15.2 Å². The molecule has 1 N–H and O–H groups in total. The summed E-state index contributed by atoms with van der Waals surface area (Å²) < 4.78 is 0. The fourth-order valence-corrected chi connectivity index (χ4v) is 4.54. The number of nitriles is 1. The molecule has 1 atom stereocenters. The van der Waals surface area contributed by atoms with Gasteiger partial charge in [0.25, 0.3) is 0 Å². The number of thioether (sulfide) groups is 1. The SMILES string of the molecule is CC(C)(C)C1(C#N)c2ccc(SCc3ccccc3)cc2CN1C(=O)O. The Morgan fingerprint density at radius 3 is 2.54 bits per heavy atom. The molecule has 26 heavy (non-hydrogen) atoms. The molecule has 0 radical (unpaired) electrons. The van der Waals surface area contributed by atoms with Gasteiger partial charge in [-0.05, 0) is 28.8 Å². The van der Waals surface area contributed by atoms with Crippen molar-refractivity contribution in [1.82, 2.24) is 4.90 Å². The van der Waals surface area contributed by atoms with Gasteiger partial charge in [-0.2, -0.15) is 5.26 Å². The van der Waals surface area contributed by atoms with Gasteiger partial charge in [0, 0.05) is 16.1 Å². The highest BCUT2D eigenvalue weighted by atomic mass is 32.2. The molecule has 0 saturated carbocycles. The van der Waals surface area contributed by atoms with Gasteiger partial charge < -0.3 is 5.11 Å². The van der Waals surface area contributed by atoms with Gasteiger partial charge in [-0.1, -0.05) is 57.2 Å². The van der Waals surface area contributed by atoms with Crippen molar-refractivity contribution >= 4 is 17.9 Å². The molecule has 1 amide bonds. The van der Waals surface area contributed by atoms with Crippen LogP contribution in [0.4, 0.5) is 4.79 Å². The molecule has 134 valence electrons. The van der Waals surface area contributed by atoms with E-state index < -0.39 is 17.0 Å². The molecule has 0 aromatic heterocycles. The van der Waals surface area contributed by atoms with Gasteiger partial charge in [-0.25, -0.2) is 4.79 Å². The third kappa shape index (κ3) is 2.95. The van der Waals surface area contributed by atoms with Gasteiger partial charge in [0.05, 0.1) is 12.6 Å². The van der Waals surface area contributed by atoms with Crippen LogP contribution in [-0.4, -0.2) is 16.1 Å². The number of benzene rings is 2. The van der Waals surface area contributed by atoms with Crippen LogP contribution < -0.4 is 0 Å². The molecule has 0 fully saturated rings. The van der Waals surface area contributed by atoms with E-state index in [1.54, 1.807) is 11.8 Å². The van der Waals surface area contributed by atoms with E-state index >= 15 is 0 Å². The standard InChI is InChI=1S/C21H22N2O2S/c1-20(2,3)21(14-22)18-10-9-17(11-16(18)12-23(21)19(24)25)26-13-15-7-5-4-6-8-15/h4-11H,12-13H2,1-3H3,(H,24,25). The molecule has 0 bridgehead atoms. The van der Waals surface area contributed by atoms with Crippen molar-refractivity contribution in [3.8, 4) is 6.07 Å². The van der Waals surface area contributed by atoms with Crippen molar-refractivity contribution in [3.63, 3.8) is 0 Å². The minimum absolute atomic E-state index is 0.245. The van der Waals surface area contributed by atoms with Gasteiger partial charge in [0.15, 0.2) is 5.54 Å². The monoisotopic (exact) mass is 366 g/mol. The minimum Gasteiger partial charge on any atom is -0.465 e. The summed E-state index contributed by atoms with van der Waals surface area (Å²) in [5.41, 5.74) is 1.26. The number of fused-ring (bicyclic) bond motifs is 1. The summed E-state index contributed by atoms with van der Waals surface area (Å²) in [6.07, 6.45) is -1.06. The van der Waals surface area contributed by atoms with Crippen LogP contribution in [-0.2, 0) is 17.8 Å². The summed E-state index contributed by atoms with van der Waals surface area (Å²) in [7, 11) is 0. The fraction of sp³-hybridized carbons (Fsp3) is 0.333. The molecule has 0 saturated heterocycles. The van der Waals surface area contributed by atoms with Crippen molar-refractivity contribution < 1.29 is 9.90 Å². The van der Waals surface area contributed by atoms with Gasteiger partial charge in [-0.15, -0.1) is 11.8 Å². The normalized spacial score (nSPS) is 19.1. The maximum absolute atomic E-state index is 11.9. The number of carbonyl (C=O) groups is 1. The summed E-state index contributed by atoms with van der Waals surface area (Å²) in [6, 6.07) is 18.5. The summed E-state index contributed by atoms with van der Waals surface area (Å²) in [5, 5.41) is 19.7. The Labute approximate surface area is 158 Å². The topological polar surface area (TPSA) is 64.3 Å². The highest BCUT2D eigenvalue weighted by Gasteiger charge is 2.55. The quantitative estimate of drug-likeness (QED) is 0.755. The van der Waals surface area contributed by atoms with Crippen LogP contribution in [0.1, 0.15) is 37.5 Å². The summed E-state index contributed by atoms with van der Waals surface area (Å²) in [4.78, 5) is 14.2. The van der Waals surface area contributed by atoms with Gasteiger partial charge in [0.2, 0.25) is 0 Å². The average molecular weight is 366 g/mol. The molecule has 3 rings (SSSR count). The van der Waals surface area contributed by atoms with Crippen LogP contribution in [0, 0.1) is 16.7 Å². The van der Waals surface area contributed by atoms with Gasteiger partial charge >= 0.3 is 6.09 Å². The number of rotatable bonds is 3. The molecule has 1 aliphatic heterocycles. The average Bonchev–Trinajstić information content (AvgIpc) is 2.95. The molecule has 1 unspecified atom stereocenters. The van der Waals surface area contributed by atoms with E-state index in [1.165, 1.54) is 10.5 Å². The Morgan fingerprint density at radius 1 is 1.27 bits per heavy atom. The lowest BCUT2D eigenvalue weighted by Gasteiger charge is -2.41. The zero-order valence-corrected chi connectivity index (χ0v) is 16.0. The largest absolute Gasteiger partial charge is 0.465 e. The van der Waals surface area contributed by atoms with Crippen LogP contribution in [0.3, 0.4) is 0 Å². The number of amides is 1. The zero-order valence-electron chi connectivity index (χ0n) is 15.2. The van der Waals surface area contributed by atoms with E-state index in [-0.39, 0.29) is 6.54 Å². The van der Waals surface area contributed by atoms with Crippen LogP contribution in [0.25, 0.3) is 0 Å². The predicted octanol–water partition coefficient (Wildman–Crippen LogP) is 5.24. The van der Waals surface area contributed by atoms with Crippen molar-refractivity contribution in [2.24, 2.45) is 5.41 Å². The number of hydrogen-bond donors (Lipinski definition) is 1. The Kier molecular flexibility index (Phi) is 4.72. The van der Waals surface area contributed by atoms with E-state index in [0.717, 1.165) is 21.8 Å². The van der Waals surface area contributed by atoms with Gasteiger partial charge in [-0.3, -0.25) is 4.90 Å². The van der Waals surface area contributed by atoms with E-state index in [2.05, 4.69) is 18.2 Å². The smallest absolute Gasteiger partial charge is 0.409 e. The van der Waals surface area contributed by atoms with Crippen LogP contribution >= 0.6 is 11.8 Å². The van der Waals surface area contributed by atoms with Crippen molar-refractivity contribution in [1.29, 1.82) is 5.26 Å². The Morgan fingerprint density at radius 2 is 1.96 bits per heavy atom. The van der Waals surface area contributed by atoms with Crippen LogP contribution in [0.5, 0.6) is 0 Å². The zero-order chi connectivity index (χ0) is 18.9. The number of hydrogen-bond acceptors (Lipinski definition) is 3. The third-order valence-corrected chi connectivity index (χ3v) is 5.99. The molecule has 4 nitrogen and oxygen atoms in total. The molecule has 0 aliphatic carbocycles. The third-order valence-electron chi connectivity index (χ3n) is 4.93. The lowest BCUT2D eigenvalue weighted by atomic mass is 9.70. The molecule has 1 aliphatic rings. The van der Waals surface area contributed by atoms with Crippen molar-refractivity contribution in [2.75, 3.05) is 0 Å². The first-order chi connectivity index (χ1) is 12.3. The second kappa shape index (κ2) is 6.69. The molecule has 0 spiro atoms.